The van der Waals surface area contributed by atoms with E-state index in [1.165, 1.54) is 27.8 Å². The molecule has 1 nitrogen and oxygen atoms in total. The molecule has 0 aliphatic carbocycles. The third-order valence-electron chi connectivity index (χ3n) is 3.76. The average Bonchev–Trinajstić information content (AvgIpc) is 2.43. The Labute approximate surface area is 118 Å². The minimum atomic E-state index is 0.324. The molecule has 0 spiro atoms. The fraction of sp³-hybridized carbons (Fsp3) is 0.294. The van der Waals surface area contributed by atoms with Gasteiger partial charge in [-0.2, -0.15) is 0 Å². The molecule has 0 heterocycles. The second kappa shape index (κ2) is 5.75. The molecule has 0 aliphatic rings. The van der Waals surface area contributed by atoms with Gasteiger partial charge in [0.25, 0.3) is 0 Å². The van der Waals surface area contributed by atoms with Crippen molar-refractivity contribution in [2.24, 2.45) is 0 Å². The van der Waals surface area contributed by atoms with Gasteiger partial charge in [-0.15, -0.1) is 9.24 Å². The summed E-state index contributed by atoms with van der Waals surface area (Å²) in [6.07, 6.45) is 0. The number of hydrogen-bond donors (Lipinski definition) is 0. The first kappa shape index (κ1) is 14.1. The van der Waals surface area contributed by atoms with Gasteiger partial charge in [-0.05, 0) is 48.6 Å². The van der Waals surface area contributed by atoms with E-state index in [0.717, 1.165) is 5.75 Å². The predicted molar refractivity (Wildman–Crippen MR) is 85.2 cm³/mol. The molecule has 0 aromatic heterocycles. The topological polar surface area (TPSA) is 9.23 Å². The number of methoxy groups -OCH3 is 1. The van der Waals surface area contributed by atoms with Gasteiger partial charge in [0, 0.05) is 5.66 Å². The highest BCUT2D eigenvalue weighted by Gasteiger charge is 2.16. The second-order valence-corrected chi connectivity index (χ2v) is 5.62. The van der Waals surface area contributed by atoms with Crippen molar-refractivity contribution in [1.82, 2.24) is 0 Å². The van der Waals surface area contributed by atoms with Crippen molar-refractivity contribution >= 4 is 9.24 Å². The standard InChI is InChI=1S/C17H21OP/c1-11-10-15(12(2)13(3)16(11)18-4)17(19)14-8-6-5-7-9-14/h5-10,17H,19H2,1-4H3. The smallest absolute Gasteiger partial charge is 0.124 e. The Morgan fingerprint density at radius 3 is 2.21 bits per heavy atom. The van der Waals surface area contributed by atoms with Crippen LogP contribution in [0.25, 0.3) is 0 Å². The quantitative estimate of drug-likeness (QED) is 0.743. The van der Waals surface area contributed by atoms with E-state index in [2.05, 4.69) is 66.4 Å². The Morgan fingerprint density at radius 2 is 1.63 bits per heavy atom. The zero-order chi connectivity index (χ0) is 14.0. The van der Waals surface area contributed by atoms with Gasteiger partial charge in [0.2, 0.25) is 0 Å². The summed E-state index contributed by atoms with van der Waals surface area (Å²) in [5.41, 5.74) is 6.74. The van der Waals surface area contributed by atoms with Crippen LogP contribution in [0.4, 0.5) is 0 Å². The lowest BCUT2D eigenvalue weighted by Crippen LogP contribution is -2.02. The van der Waals surface area contributed by atoms with Crippen molar-refractivity contribution < 1.29 is 4.74 Å². The van der Waals surface area contributed by atoms with Crippen molar-refractivity contribution in [2.45, 2.75) is 26.4 Å². The molecule has 2 heteroatoms. The van der Waals surface area contributed by atoms with E-state index in [-0.39, 0.29) is 0 Å². The molecule has 0 bridgehead atoms. The molecule has 0 radical (unpaired) electrons. The maximum absolute atomic E-state index is 5.49. The molecule has 0 saturated carbocycles. The van der Waals surface area contributed by atoms with E-state index in [1.807, 2.05) is 0 Å². The molecule has 0 N–H and O–H groups in total. The molecule has 2 aromatic rings. The summed E-state index contributed by atoms with van der Waals surface area (Å²) < 4.78 is 5.49. The van der Waals surface area contributed by atoms with Crippen LogP contribution in [0.15, 0.2) is 36.4 Å². The van der Waals surface area contributed by atoms with Gasteiger partial charge >= 0.3 is 0 Å². The maximum Gasteiger partial charge on any atom is 0.124 e. The Bertz CT molecular complexity index is 576. The summed E-state index contributed by atoms with van der Waals surface area (Å²) in [5, 5.41) is 0. The Hall–Kier alpha value is -1.33. The number of ether oxygens (including phenoxy) is 1. The first-order valence-corrected chi connectivity index (χ1v) is 7.18. The van der Waals surface area contributed by atoms with Crippen LogP contribution in [0.3, 0.4) is 0 Å². The van der Waals surface area contributed by atoms with Gasteiger partial charge < -0.3 is 4.74 Å². The third-order valence-corrected chi connectivity index (χ3v) is 4.51. The number of hydrogen-bond acceptors (Lipinski definition) is 1. The lowest BCUT2D eigenvalue weighted by atomic mass is 9.93. The highest BCUT2D eigenvalue weighted by Crippen LogP contribution is 2.38. The summed E-state index contributed by atoms with van der Waals surface area (Å²) >= 11 is 0. The average molecular weight is 272 g/mol. The number of benzene rings is 2. The summed E-state index contributed by atoms with van der Waals surface area (Å²) in [4.78, 5) is 0. The van der Waals surface area contributed by atoms with Gasteiger partial charge in [0.1, 0.15) is 5.75 Å². The van der Waals surface area contributed by atoms with E-state index in [0.29, 0.717) is 5.66 Å². The molecular formula is C17H21OP. The lowest BCUT2D eigenvalue weighted by molar-refractivity contribution is 0.408. The van der Waals surface area contributed by atoms with E-state index in [9.17, 15) is 0 Å². The minimum absolute atomic E-state index is 0.324. The lowest BCUT2D eigenvalue weighted by Gasteiger charge is -2.20. The molecule has 2 unspecified atom stereocenters. The van der Waals surface area contributed by atoms with Crippen molar-refractivity contribution in [3.05, 3.63) is 64.2 Å². The molecule has 0 saturated heterocycles. The van der Waals surface area contributed by atoms with E-state index in [1.54, 1.807) is 7.11 Å². The summed E-state index contributed by atoms with van der Waals surface area (Å²) in [5.74, 6) is 1.01. The summed E-state index contributed by atoms with van der Waals surface area (Å²) in [7, 11) is 4.70. The summed E-state index contributed by atoms with van der Waals surface area (Å²) in [6.45, 7) is 6.41. The van der Waals surface area contributed by atoms with Gasteiger partial charge in [-0.1, -0.05) is 36.4 Å². The molecule has 2 aromatic carbocycles. The second-order valence-electron chi connectivity index (χ2n) is 4.95. The van der Waals surface area contributed by atoms with Gasteiger partial charge in [-0.3, -0.25) is 0 Å². The van der Waals surface area contributed by atoms with Crippen molar-refractivity contribution in [1.29, 1.82) is 0 Å². The molecule has 2 atom stereocenters. The fourth-order valence-corrected chi connectivity index (χ4v) is 3.14. The van der Waals surface area contributed by atoms with Crippen molar-refractivity contribution in [2.75, 3.05) is 7.11 Å². The first-order valence-electron chi connectivity index (χ1n) is 6.51. The number of aryl methyl sites for hydroxylation is 1. The number of rotatable bonds is 3. The Kier molecular flexibility index (Phi) is 4.27. The van der Waals surface area contributed by atoms with Crippen LogP contribution in [0.1, 0.15) is 33.5 Å². The normalized spacial score (nSPS) is 12.3. The zero-order valence-electron chi connectivity index (χ0n) is 12.0. The van der Waals surface area contributed by atoms with Crippen LogP contribution in [-0.2, 0) is 0 Å². The van der Waals surface area contributed by atoms with Gasteiger partial charge in [0.15, 0.2) is 0 Å². The van der Waals surface area contributed by atoms with Crippen molar-refractivity contribution in [3.63, 3.8) is 0 Å². The highest BCUT2D eigenvalue weighted by molar-refractivity contribution is 7.17. The Morgan fingerprint density at radius 1 is 1.00 bits per heavy atom. The van der Waals surface area contributed by atoms with Crippen molar-refractivity contribution in [3.8, 4) is 5.75 Å². The van der Waals surface area contributed by atoms with Crippen LogP contribution in [0, 0.1) is 20.8 Å². The first-order chi connectivity index (χ1) is 9.06. The molecular weight excluding hydrogens is 251 g/mol. The predicted octanol–water partition coefficient (Wildman–Crippen LogP) is 4.58. The van der Waals surface area contributed by atoms with E-state index in [4.69, 9.17) is 4.74 Å². The fourth-order valence-electron chi connectivity index (χ4n) is 2.57. The molecule has 2 rings (SSSR count). The Balaban J connectivity index is 2.52. The van der Waals surface area contributed by atoms with Crippen LogP contribution in [0.5, 0.6) is 5.75 Å². The SMILES string of the molecule is COc1c(C)cc(C(P)c2ccccc2)c(C)c1C. The molecule has 0 fully saturated rings. The molecule has 100 valence electrons. The minimum Gasteiger partial charge on any atom is -0.496 e. The zero-order valence-corrected chi connectivity index (χ0v) is 13.2. The van der Waals surface area contributed by atoms with Crippen LogP contribution < -0.4 is 4.74 Å². The third kappa shape index (κ3) is 2.67. The largest absolute Gasteiger partial charge is 0.496 e. The van der Waals surface area contributed by atoms with E-state index >= 15 is 0 Å². The molecule has 0 amide bonds. The van der Waals surface area contributed by atoms with Crippen LogP contribution in [0.2, 0.25) is 0 Å². The van der Waals surface area contributed by atoms with Crippen LogP contribution in [-0.4, -0.2) is 7.11 Å². The monoisotopic (exact) mass is 272 g/mol. The molecule has 0 aliphatic heterocycles. The maximum atomic E-state index is 5.49. The summed E-state index contributed by atoms with van der Waals surface area (Å²) in [6, 6.07) is 12.8. The molecule has 19 heavy (non-hydrogen) atoms. The van der Waals surface area contributed by atoms with Crippen LogP contribution >= 0.6 is 9.24 Å². The van der Waals surface area contributed by atoms with E-state index < -0.39 is 0 Å². The highest BCUT2D eigenvalue weighted by atomic mass is 31.0. The van der Waals surface area contributed by atoms with Gasteiger partial charge in [0.05, 0.1) is 7.11 Å². The van der Waals surface area contributed by atoms with Gasteiger partial charge in [-0.25, -0.2) is 0 Å².